The number of rotatable bonds is 6. The third-order valence-corrected chi connectivity index (χ3v) is 5.49. The quantitative estimate of drug-likeness (QED) is 0.405. The highest BCUT2D eigenvalue weighted by Crippen LogP contribution is 2.28. The smallest absolute Gasteiger partial charge is 0.343 e. The molecule has 9 heteroatoms. The molecule has 1 atom stereocenters. The second-order valence-corrected chi connectivity index (χ2v) is 7.67. The average Bonchev–Trinajstić information content (AvgIpc) is 3.44. The van der Waals surface area contributed by atoms with Gasteiger partial charge in [-0.05, 0) is 30.9 Å². The van der Waals surface area contributed by atoms with Gasteiger partial charge in [0.05, 0.1) is 17.1 Å². The monoisotopic (exact) mass is 428 g/mol. The van der Waals surface area contributed by atoms with Gasteiger partial charge in [0, 0.05) is 0 Å². The molecule has 0 fully saturated rings. The molecule has 0 aliphatic rings. The molecule has 0 saturated carbocycles. The molecule has 148 valence electrons. The first-order valence-corrected chi connectivity index (χ1v) is 10.1. The van der Waals surface area contributed by atoms with Gasteiger partial charge in [-0.1, -0.05) is 48.0 Å². The van der Waals surface area contributed by atoms with Crippen LogP contribution in [0.4, 0.5) is 0 Å². The number of esters is 1. The maximum absolute atomic E-state index is 12.7. The van der Waals surface area contributed by atoms with Crippen LogP contribution in [-0.4, -0.2) is 25.9 Å². The molecule has 0 saturated heterocycles. The zero-order valence-corrected chi connectivity index (χ0v) is 17.3. The number of carbonyl (C=O) groups excluding carboxylic acids is 1. The summed E-state index contributed by atoms with van der Waals surface area (Å²) in [6.45, 7) is 3.84. The molecule has 0 spiro atoms. The minimum Gasteiger partial charge on any atom is -0.449 e. The number of benzene rings is 1. The lowest BCUT2D eigenvalue weighted by Gasteiger charge is -2.09. The van der Waals surface area contributed by atoms with Crippen molar-refractivity contribution in [3.05, 3.63) is 75.7 Å². The maximum atomic E-state index is 12.7. The Morgan fingerprint density at radius 1 is 1.24 bits per heavy atom. The van der Waals surface area contributed by atoms with Gasteiger partial charge in [-0.25, -0.2) is 9.48 Å². The van der Waals surface area contributed by atoms with Crippen LogP contribution in [0.3, 0.4) is 0 Å². The Hall–Kier alpha value is -2.97. The van der Waals surface area contributed by atoms with Crippen molar-refractivity contribution in [2.75, 3.05) is 0 Å². The van der Waals surface area contributed by atoms with E-state index in [2.05, 4.69) is 15.3 Å². The lowest BCUT2D eigenvalue weighted by Crippen LogP contribution is -2.11. The van der Waals surface area contributed by atoms with E-state index in [0.717, 1.165) is 10.4 Å². The van der Waals surface area contributed by atoms with Crippen LogP contribution in [0.25, 0.3) is 10.8 Å². The Bertz CT molecular complexity index is 1120. The minimum atomic E-state index is -0.725. The predicted molar refractivity (Wildman–Crippen MR) is 109 cm³/mol. The minimum absolute atomic E-state index is 0.215. The molecule has 0 aliphatic heterocycles. The highest BCUT2D eigenvalue weighted by Gasteiger charge is 2.26. The van der Waals surface area contributed by atoms with E-state index in [0.29, 0.717) is 18.1 Å². The predicted octanol–water partition coefficient (Wildman–Crippen LogP) is 4.92. The van der Waals surface area contributed by atoms with E-state index in [1.54, 1.807) is 18.5 Å². The molecule has 0 bridgehead atoms. The van der Waals surface area contributed by atoms with Gasteiger partial charge in [-0.3, -0.25) is 0 Å². The number of nitrogens with zero attached hydrogens (tertiary/aromatic N) is 4. The van der Waals surface area contributed by atoms with Crippen LogP contribution < -0.4 is 0 Å². The molecule has 3 heterocycles. The molecule has 7 nitrogen and oxygen atoms in total. The van der Waals surface area contributed by atoms with E-state index < -0.39 is 12.1 Å². The summed E-state index contributed by atoms with van der Waals surface area (Å²) >= 11 is 7.91. The number of hydrogen-bond acceptors (Lipinski definition) is 7. The van der Waals surface area contributed by atoms with Crippen molar-refractivity contribution in [2.45, 2.75) is 26.5 Å². The fourth-order valence-corrected chi connectivity index (χ4v) is 3.77. The average molecular weight is 429 g/mol. The third-order valence-electron chi connectivity index (χ3n) is 4.25. The van der Waals surface area contributed by atoms with Crippen molar-refractivity contribution < 1.29 is 13.9 Å². The number of aryl methyl sites for hydroxylation is 1. The largest absolute Gasteiger partial charge is 0.449 e. The summed E-state index contributed by atoms with van der Waals surface area (Å²) in [6, 6.07) is 13.5. The van der Waals surface area contributed by atoms with E-state index in [1.807, 2.05) is 47.8 Å². The third kappa shape index (κ3) is 4.08. The molecule has 3 aromatic heterocycles. The second kappa shape index (κ2) is 8.18. The molecular weight excluding hydrogens is 412 g/mol. The van der Waals surface area contributed by atoms with Crippen LogP contribution in [0, 0.1) is 6.92 Å². The maximum Gasteiger partial charge on any atom is 0.343 e. The van der Waals surface area contributed by atoms with Gasteiger partial charge in [0.1, 0.15) is 10.7 Å². The summed E-state index contributed by atoms with van der Waals surface area (Å²) in [6.07, 6.45) is -0.725. The first-order valence-electron chi connectivity index (χ1n) is 8.88. The SMILES string of the molecule is Cc1nn(Cc2ccccc2)c(Cl)c1C(=O)OC(C)c1nnc(-c2cccs2)o1. The van der Waals surface area contributed by atoms with Crippen LogP contribution >= 0.6 is 22.9 Å². The van der Waals surface area contributed by atoms with Crippen LogP contribution in [0.15, 0.2) is 52.3 Å². The molecule has 0 amide bonds. The topological polar surface area (TPSA) is 83.0 Å². The molecule has 4 rings (SSSR count). The number of halogens is 1. The molecule has 0 N–H and O–H groups in total. The molecular formula is C20H17ClN4O3S. The molecule has 1 unspecified atom stereocenters. The van der Waals surface area contributed by atoms with E-state index in [9.17, 15) is 4.79 Å². The Kier molecular flexibility index (Phi) is 5.46. The van der Waals surface area contributed by atoms with Crippen LogP contribution in [0.1, 0.15) is 40.5 Å². The van der Waals surface area contributed by atoms with Crippen molar-refractivity contribution in [3.8, 4) is 10.8 Å². The zero-order valence-electron chi connectivity index (χ0n) is 15.7. The first kappa shape index (κ1) is 19.4. The van der Waals surface area contributed by atoms with Crippen molar-refractivity contribution in [2.24, 2.45) is 0 Å². The number of carbonyl (C=O) groups is 1. The standard InChI is InChI=1S/C20H17ClN4O3S/c1-12-16(17(21)25(24-12)11-14-7-4-3-5-8-14)20(26)27-13(2)18-22-23-19(28-18)15-9-6-10-29-15/h3-10,13H,11H2,1-2H3. The van der Waals surface area contributed by atoms with Gasteiger partial charge < -0.3 is 9.15 Å². The fraction of sp³-hybridized carbons (Fsp3) is 0.200. The number of thiophene rings is 1. The Balaban J connectivity index is 1.50. The zero-order chi connectivity index (χ0) is 20.4. The summed E-state index contributed by atoms with van der Waals surface area (Å²) in [7, 11) is 0. The van der Waals surface area contributed by atoms with Crippen molar-refractivity contribution in [1.82, 2.24) is 20.0 Å². The van der Waals surface area contributed by atoms with Gasteiger partial charge in [0.15, 0.2) is 6.10 Å². The molecule has 0 radical (unpaired) electrons. The Labute approximate surface area is 175 Å². The first-order chi connectivity index (χ1) is 14.0. The summed E-state index contributed by atoms with van der Waals surface area (Å²) in [5, 5.41) is 14.5. The summed E-state index contributed by atoms with van der Waals surface area (Å²) in [5.74, 6) is 0.0187. The number of hydrogen-bond donors (Lipinski definition) is 0. The van der Waals surface area contributed by atoms with Crippen LogP contribution in [-0.2, 0) is 11.3 Å². The van der Waals surface area contributed by atoms with Crippen LogP contribution in [0.5, 0.6) is 0 Å². The van der Waals surface area contributed by atoms with Gasteiger partial charge in [0.25, 0.3) is 11.8 Å². The lowest BCUT2D eigenvalue weighted by molar-refractivity contribution is 0.0279. The Morgan fingerprint density at radius 3 is 2.76 bits per heavy atom. The second-order valence-electron chi connectivity index (χ2n) is 6.36. The summed E-state index contributed by atoms with van der Waals surface area (Å²) in [4.78, 5) is 13.6. The molecule has 29 heavy (non-hydrogen) atoms. The van der Waals surface area contributed by atoms with Gasteiger partial charge in [0.2, 0.25) is 0 Å². The summed E-state index contributed by atoms with van der Waals surface area (Å²) < 4.78 is 12.7. The number of aromatic nitrogens is 4. The lowest BCUT2D eigenvalue weighted by atomic mass is 10.2. The highest BCUT2D eigenvalue weighted by atomic mass is 35.5. The highest BCUT2D eigenvalue weighted by molar-refractivity contribution is 7.13. The van der Waals surface area contributed by atoms with Crippen molar-refractivity contribution >= 4 is 28.9 Å². The number of ether oxygens (including phenoxy) is 1. The van der Waals surface area contributed by atoms with Crippen LogP contribution in [0.2, 0.25) is 5.15 Å². The van der Waals surface area contributed by atoms with Gasteiger partial charge in [-0.15, -0.1) is 21.5 Å². The summed E-state index contributed by atoms with van der Waals surface area (Å²) in [5.41, 5.74) is 1.75. The fourth-order valence-electron chi connectivity index (χ4n) is 2.81. The van der Waals surface area contributed by atoms with E-state index in [-0.39, 0.29) is 16.6 Å². The van der Waals surface area contributed by atoms with Crippen molar-refractivity contribution in [1.29, 1.82) is 0 Å². The molecule has 1 aromatic carbocycles. The van der Waals surface area contributed by atoms with E-state index in [4.69, 9.17) is 20.8 Å². The normalized spacial score (nSPS) is 12.1. The van der Waals surface area contributed by atoms with Gasteiger partial charge in [-0.2, -0.15) is 5.10 Å². The van der Waals surface area contributed by atoms with Gasteiger partial charge >= 0.3 is 5.97 Å². The molecule has 4 aromatic rings. The Morgan fingerprint density at radius 2 is 2.03 bits per heavy atom. The molecule has 0 aliphatic carbocycles. The van der Waals surface area contributed by atoms with Crippen molar-refractivity contribution in [3.63, 3.8) is 0 Å². The van der Waals surface area contributed by atoms with E-state index in [1.165, 1.54) is 11.3 Å². The van der Waals surface area contributed by atoms with E-state index >= 15 is 0 Å².